The predicted molar refractivity (Wildman–Crippen MR) is 75.5 cm³/mol. The van der Waals surface area contributed by atoms with Crippen LogP contribution in [0.15, 0.2) is 0 Å². The zero-order chi connectivity index (χ0) is 13.1. The summed E-state index contributed by atoms with van der Waals surface area (Å²) < 4.78 is 5.13. The number of rotatable bonds is 11. The van der Waals surface area contributed by atoms with E-state index in [2.05, 4.69) is 37.9 Å². The molecule has 0 saturated heterocycles. The van der Waals surface area contributed by atoms with E-state index in [1.54, 1.807) is 7.11 Å². The Morgan fingerprint density at radius 2 is 1.76 bits per heavy atom. The van der Waals surface area contributed by atoms with Crippen molar-refractivity contribution in [2.24, 2.45) is 5.92 Å². The van der Waals surface area contributed by atoms with Crippen molar-refractivity contribution in [3.63, 3.8) is 0 Å². The maximum Gasteiger partial charge on any atom is 0.0589 e. The second kappa shape index (κ2) is 11.0. The molecule has 0 aliphatic heterocycles. The van der Waals surface area contributed by atoms with Gasteiger partial charge in [-0.2, -0.15) is 0 Å². The number of nitrogens with one attached hydrogen (secondary N) is 1. The first-order valence-corrected chi connectivity index (χ1v) is 7.01. The van der Waals surface area contributed by atoms with Crippen LogP contribution in [0.1, 0.15) is 40.5 Å². The normalized spacial score (nSPS) is 12.0. The second-order valence-electron chi connectivity index (χ2n) is 5.41. The fourth-order valence-corrected chi connectivity index (χ4v) is 1.82. The lowest BCUT2D eigenvalue weighted by Gasteiger charge is -2.26. The summed E-state index contributed by atoms with van der Waals surface area (Å²) in [5, 5.41) is 3.52. The Bertz CT molecular complexity index is 160. The van der Waals surface area contributed by atoms with E-state index >= 15 is 0 Å². The number of nitrogens with zero attached hydrogens (tertiary/aromatic N) is 1. The van der Waals surface area contributed by atoms with Crippen LogP contribution in [0.25, 0.3) is 0 Å². The van der Waals surface area contributed by atoms with Crippen LogP contribution in [0.5, 0.6) is 0 Å². The average molecular weight is 244 g/mol. The van der Waals surface area contributed by atoms with Crippen molar-refractivity contribution in [3.8, 4) is 0 Å². The minimum absolute atomic E-state index is 0.600. The standard InChI is InChI=1S/C14H32N2O/c1-13(2)7-6-8-15-9-10-16(14(3)4)11-12-17-5/h13-15H,6-12H2,1-5H3. The molecule has 0 aliphatic rings. The molecule has 0 spiro atoms. The van der Waals surface area contributed by atoms with Gasteiger partial charge in [0.1, 0.15) is 0 Å². The van der Waals surface area contributed by atoms with Gasteiger partial charge in [0, 0.05) is 32.8 Å². The van der Waals surface area contributed by atoms with Gasteiger partial charge in [0.05, 0.1) is 6.61 Å². The Labute approximate surface area is 108 Å². The molecular formula is C14H32N2O. The molecule has 3 heteroatoms. The Morgan fingerprint density at radius 3 is 2.29 bits per heavy atom. The predicted octanol–water partition coefficient (Wildman–Crippen LogP) is 2.37. The van der Waals surface area contributed by atoms with Crippen molar-refractivity contribution >= 4 is 0 Å². The largest absolute Gasteiger partial charge is 0.383 e. The van der Waals surface area contributed by atoms with Gasteiger partial charge in [0.25, 0.3) is 0 Å². The zero-order valence-electron chi connectivity index (χ0n) is 12.5. The van der Waals surface area contributed by atoms with E-state index < -0.39 is 0 Å². The van der Waals surface area contributed by atoms with Crippen LogP contribution in [0, 0.1) is 5.92 Å². The number of hydrogen-bond donors (Lipinski definition) is 1. The molecule has 0 fully saturated rings. The molecule has 0 aromatic rings. The number of ether oxygens (including phenoxy) is 1. The van der Waals surface area contributed by atoms with Gasteiger partial charge in [-0.3, -0.25) is 4.90 Å². The van der Waals surface area contributed by atoms with Crippen molar-refractivity contribution < 1.29 is 4.74 Å². The van der Waals surface area contributed by atoms with E-state index in [4.69, 9.17) is 4.74 Å². The summed E-state index contributed by atoms with van der Waals surface area (Å²) in [5.41, 5.74) is 0. The lowest BCUT2D eigenvalue weighted by Crippen LogP contribution is -2.39. The Morgan fingerprint density at radius 1 is 1.06 bits per heavy atom. The summed E-state index contributed by atoms with van der Waals surface area (Å²) >= 11 is 0. The van der Waals surface area contributed by atoms with Gasteiger partial charge < -0.3 is 10.1 Å². The SMILES string of the molecule is COCCN(CCNCCCC(C)C)C(C)C. The van der Waals surface area contributed by atoms with Gasteiger partial charge in [-0.05, 0) is 39.2 Å². The molecule has 0 aliphatic carbocycles. The van der Waals surface area contributed by atoms with Crippen molar-refractivity contribution in [2.75, 3.05) is 39.9 Å². The smallest absolute Gasteiger partial charge is 0.0589 e. The van der Waals surface area contributed by atoms with Crippen molar-refractivity contribution in [1.82, 2.24) is 10.2 Å². The molecule has 17 heavy (non-hydrogen) atoms. The van der Waals surface area contributed by atoms with Crippen molar-refractivity contribution in [1.29, 1.82) is 0 Å². The number of methoxy groups -OCH3 is 1. The highest BCUT2D eigenvalue weighted by atomic mass is 16.5. The molecule has 0 heterocycles. The van der Waals surface area contributed by atoms with Crippen LogP contribution in [0.3, 0.4) is 0 Å². The summed E-state index contributed by atoms with van der Waals surface area (Å²) in [5.74, 6) is 0.825. The van der Waals surface area contributed by atoms with Gasteiger partial charge in [0.15, 0.2) is 0 Å². The fourth-order valence-electron chi connectivity index (χ4n) is 1.82. The quantitative estimate of drug-likeness (QED) is 0.565. The molecule has 0 bridgehead atoms. The molecule has 3 nitrogen and oxygen atoms in total. The van der Waals surface area contributed by atoms with Crippen LogP contribution in [0.2, 0.25) is 0 Å². The zero-order valence-corrected chi connectivity index (χ0v) is 12.5. The van der Waals surface area contributed by atoms with Gasteiger partial charge in [-0.25, -0.2) is 0 Å². The minimum atomic E-state index is 0.600. The monoisotopic (exact) mass is 244 g/mol. The third-order valence-corrected chi connectivity index (χ3v) is 3.02. The van der Waals surface area contributed by atoms with E-state index in [0.717, 1.165) is 38.7 Å². The fraction of sp³-hybridized carbons (Fsp3) is 1.00. The average Bonchev–Trinajstić information content (AvgIpc) is 2.26. The minimum Gasteiger partial charge on any atom is -0.383 e. The highest BCUT2D eigenvalue weighted by Crippen LogP contribution is 2.01. The molecule has 0 rings (SSSR count). The van der Waals surface area contributed by atoms with Gasteiger partial charge in [0.2, 0.25) is 0 Å². The first kappa shape index (κ1) is 16.9. The second-order valence-corrected chi connectivity index (χ2v) is 5.41. The molecule has 0 amide bonds. The Hall–Kier alpha value is -0.120. The third kappa shape index (κ3) is 10.7. The maximum atomic E-state index is 5.13. The summed E-state index contributed by atoms with van der Waals surface area (Å²) in [6, 6.07) is 0.600. The Kier molecular flexibility index (Phi) is 10.9. The molecule has 0 saturated carbocycles. The third-order valence-electron chi connectivity index (χ3n) is 3.02. The summed E-state index contributed by atoms with van der Waals surface area (Å²) in [4.78, 5) is 2.46. The molecule has 0 aromatic carbocycles. The van der Waals surface area contributed by atoms with Crippen molar-refractivity contribution in [2.45, 2.75) is 46.6 Å². The lowest BCUT2D eigenvalue weighted by molar-refractivity contribution is 0.130. The first-order valence-electron chi connectivity index (χ1n) is 7.01. The van der Waals surface area contributed by atoms with Crippen LogP contribution in [0.4, 0.5) is 0 Å². The van der Waals surface area contributed by atoms with Gasteiger partial charge in [-0.1, -0.05) is 13.8 Å². The molecule has 0 atom stereocenters. The van der Waals surface area contributed by atoms with Crippen molar-refractivity contribution in [3.05, 3.63) is 0 Å². The molecule has 1 N–H and O–H groups in total. The van der Waals surface area contributed by atoms with E-state index in [9.17, 15) is 0 Å². The van der Waals surface area contributed by atoms with E-state index in [-0.39, 0.29) is 0 Å². The van der Waals surface area contributed by atoms with Gasteiger partial charge in [-0.15, -0.1) is 0 Å². The van der Waals surface area contributed by atoms with E-state index in [1.807, 2.05) is 0 Å². The summed E-state index contributed by atoms with van der Waals surface area (Å²) in [7, 11) is 1.77. The Balaban J connectivity index is 3.47. The van der Waals surface area contributed by atoms with Crippen LogP contribution in [-0.4, -0.2) is 50.8 Å². The highest BCUT2D eigenvalue weighted by Gasteiger charge is 2.07. The van der Waals surface area contributed by atoms with Crippen LogP contribution in [-0.2, 0) is 4.74 Å². The summed E-state index contributed by atoms with van der Waals surface area (Å²) in [6.45, 7) is 14.3. The topological polar surface area (TPSA) is 24.5 Å². The van der Waals surface area contributed by atoms with Crippen LogP contribution >= 0.6 is 0 Å². The van der Waals surface area contributed by atoms with E-state index in [0.29, 0.717) is 6.04 Å². The first-order chi connectivity index (χ1) is 8.07. The number of hydrogen-bond acceptors (Lipinski definition) is 3. The van der Waals surface area contributed by atoms with Gasteiger partial charge >= 0.3 is 0 Å². The lowest BCUT2D eigenvalue weighted by atomic mass is 10.1. The van der Waals surface area contributed by atoms with Crippen LogP contribution < -0.4 is 5.32 Å². The molecule has 0 aromatic heterocycles. The molecule has 0 unspecified atom stereocenters. The van der Waals surface area contributed by atoms with E-state index in [1.165, 1.54) is 12.8 Å². The molecule has 104 valence electrons. The summed E-state index contributed by atoms with van der Waals surface area (Å²) in [6.07, 6.45) is 2.61. The maximum absolute atomic E-state index is 5.13. The highest BCUT2D eigenvalue weighted by molar-refractivity contribution is 4.64. The molecular weight excluding hydrogens is 212 g/mol. The molecule has 0 radical (unpaired) electrons.